The largest absolute Gasteiger partial charge is 0.350 e. The Morgan fingerprint density at radius 1 is 0.826 bits per heavy atom. The first-order valence-corrected chi connectivity index (χ1v) is 7.67. The van der Waals surface area contributed by atoms with Gasteiger partial charge in [0, 0.05) is 22.9 Å². The molecule has 0 unspecified atom stereocenters. The Labute approximate surface area is 136 Å². The normalized spacial score (nSPS) is 10.5. The number of carbonyl (C=O) groups excluding carboxylic acids is 2. The van der Waals surface area contributed by atoms with Crippen LogP contribution in [0.15, 0.2) is 42.5 Å². The van der Waals surface area contributed by atoms with Crippen molar-refractivity contribution in [3.63, 3.8) is 0 Å². The lowest BCUT2D eigenvalue weighted by atomic mass is 10.1. The third-order valence-corrected chi connectivity index (χ3v) is 3.55. The second-order valence-corrected chi connectivity index (χ2v) is 5.93. The van der Waals surface area contributed by atoms with Crippen LogP contribution in [-0.2, 0) is 0 Å². The van der Waals surface area contributed by atoms with Crippen molar-refractivity contribution in [1.82, 2.24) is 5.32 Å². The molecule has 2 amide bonds. The maximum Gasteiger partial charge on any atom is 0.255 e. The Bertz CT molecular complexity index is 698. The van der Waals surface area contributed by atoms with Crippen molar-refractivity contribution in [2.75, 3.05) is 5.32 Å². The lowest BCUT2D eigenvalue weighted by molar-refractivity contribution is 0.0941. The molecule has 0 bridgehead atoms. The summed E-state index contributed by atoms with van der Waals surface area (Å²) in [5.74, 6) is -0.320. The molecule has 0 heterocycles. The molecule has 4 nitrogen and oxygen atoms in total. The molecule has 2 rings (SSSR count). The highest BCUT2D eigenvalue weighted by molar-refractivity contribution is 6.05. The van der Waals surface area contributed by atoms with E-state index < -0.39 is 0 Å². The zero-order chi connectivity index (χ0) is 17.0. The van der Waals surface area contributed by atoms with Crippen LogP contribution in [0.3, 0.4) is 0 Å². The molecular formula is C19H22N2O2. The van der Waals surface area contributed by atoms with Crippen LogP contribution in [0.4, 0.5) is 5.69 Å². The van der Waals surface area contributed by atoms with Crippen molar-refractivity contribution >= 4 is 17.5 Å². The summed E-state index contributed by atoms with van der Waals surface area (Å²) in [5.41, 5.74) is 3.94. The Balaban J connectivity index is 2.13. The number of carbonyl (C=O) groups is 2. The number of benzene rings is 2. The van der Waals surface area contributed by atoms with Gasteiger partial charge in [-0.1, -0.05) is 18.2 Å². The van der Waals surface area contributed by atoms with E-state index in [1.165, 1.54) is 0 Å². The Hall–Kier alpha value is -2.62. The first kappa shape index (κ1) is 16.7. The molecule has 0 saturated heterocycles. The molecule has 23 heavy (non-hydrogen) atoms. The van der Waals surface area contributed by atoms with Crippen molar-refractivity contribution in [2.24, 2.45) is 0 Å². The van der Waals surface area contributed by atoms with Gasteiger partial charge in [0.2, 0.25) is 0 Å². The number of anilines is 1. The molecule has 4 heteroatoms. The van der Waals surface area contributed by atoms with Gasteiger partial charge < -0.3 is 10.6 Å². The highest BCUT2D eigenvalue weighted by atomic mass is 16.2. The molecule has 0 aromatic heterocycles. The SMILES string of the molecule is Cc1cccc(C)c1NC(=O)c1ccc(C(=O)NC(C)C)cc1. The van der Waals surface area contributed by atoms with Crippen LogP contribution in [-0.4, -0.2) is 17.9 Å². The van der Waals surface area contributed by atoms with E-state index in [1.54, 1.807) is 24.3 Å². The molecule has 0 aliphatic heterocycles. The summed E-state index contributed by atoms with van der Waals surface area (Å²) in [6, 6.07) is 12.6. The second kappa shape index (κ2) is 7.09. The average molecular weight is 310 g/mol. The van der Waals surface area contributed by atoms with Crippen molar-refractivity contribution in [1.29, 1.82) is 0 Å². The number of amides is 2. The third-order valence-electron chi connectivity index (χ3n) is 3.55. The third kappa shape index (κ3) is 4.19. The van der Waals surface area contributed by atoms with E-state index in [1.807, 2.05) is 45.9 Å². The smallest absolute Gasteiger partial charge is 0.255 e. The predicted molar refractivity (Wildman–Crippen MR) is 92.9 cm³/mol. The van der Waals surface area contributed by atoms with Crippen LogP contribution in [0.2, 0.25) is 0 Å². The highest BCUT2D eigenvalue weighted by Gasteiger charge is 2.11. The minimum atomic E-state index is -0.182. The molecule has 0 aliphatic rings. The second-order valence-electron chi connectivity index (χ2n) is 5.93. The summed E-state index contributed by atoms with van der Waals surface area (Å²) in [5, 5.41) is 5.76. The number of aryl methyl sites for hydroxylation is 2. The van der Waals surface area contributed by atoms with Crippen molar-refractivity contribution in [3.8, 4) is 0 Å². The summed E-state index contributed by atoms with van der Waals surface area (Å²) in [4.78, 5) is 24.3. The zero-order valence-corrected chi connectivity index (χ0v) is 13.9. The lowest BCUT2D eigenvalue weighted by Gasteiger charge is -2.12. The standard InChI is InChI=1S/C19H22N2O2/c1-12(2)20-18(22)15-8-10-16(11-9-15)19(23)21-17-13(3)6-5-7-14(17)4/h5-12H,1-4H3,(H,20,22)(H,21,23). The van der Waals surface area contributed by atoms with Gasteiger partial charge in [-0.25, -0.2) is 0 Å². The van der Waals surface area contributed by atoms with E-state index in [-0.39, 0.29) is 17.9 Å². The molecule has 2 aromatic carbocycles. The molecule has 0 spiro atoms. The van der Waals surface area contributed by atoms with Crippen LogP contribution in [0, 0.1) is 13.8 Å². The van der Waals surface area contributed by atoms with Crippen molar-refractivity contribution < 1.29 is 9.59 Å². The fraction of sp³-hybridized carbons (Fsp3) is 0.263. The first-order valence-electron chi connectivity index (χ1n) is 7.67. The van der Waals surface area contributed by atoms with E-state index in [9.17, 15) is 9.59 Å². The topological polar surface area (TPSA) is 58.2 Å². The van der Waals surface area contributed by atoms with Gasteiger partial charge in [0.05, 0.1) is 0 Å². The number of hydrogen-bond donors (Lipinski definition) is 2. The summed E-state index contributed by atoms with van der Waals surface area (Å²) >= 11 is 0. The quantitative estimate of drug-likeness (QED) is 0.904. The lowest BCUT2D eigenvalue weighted by Crippen LogP contribution is -2.30. The van der Waals surface area contributed by atoms with E-state index in [4.69, 9.17) is 0 Å². The average Bonchev–Trinajstić information content (AvgIpc) is 2.50. The van der Waals surface area contributed by atoms with Gasteiger partial charge in [-0.2, -0.15) is 0 Å². The maximum absolute atomic E-state index is 12.4. The molecule has 2 N–H and O–H groups in total. The van der Waals surface area contributed by atoms with Gasteiger partial charge in [-0.3, -0.25) is 9.59 Å². The van der Waals surface area contributed by atoms with Gasteiger partial charge in [0.25, 0.3) is 11.8 Å². The molecule has 2 aromatic rings. The van der Waals surface area contributed by atoms with E-state index >= 15 is 0 Å². The van der Waals surface area contributed by atoms with Gasteiger partial charge in [0.1, 0.15) is 0 Å². The van der Waals surface area contributed by atoms with Gasteiger partial charge in [0.15, 0.2) is 0 Å². The monoisotopic (exact) mass is 310 g/mol. The summed E-state index contributed by atoms with van der Waals surface area (Å²) in [6.07, 6.45) is 0. The van der Waals surface area contributed by atoms with Crippen LogP contribution < -0.4 is 10.6 Å². The van der Waals surface area contributed by atoms with E-state index in [0.29, 0.717) is 11.1 Å². The van der Waals surface area contributed by atoms with Gasteiger partial charge in [-0.05, 0) is 63.1 Å². The van der Waals surface area contributed by atoms with Crippen LogP contribution >= 0.6 is 0 Å². The van der Waals surface area contributed by atoms with E-state index in [2.05, 4.69) is 10.6 Å². The molecule has 0 atom stereocenters. The Morgan fingerprint density at radius 2 is 1.30 bits per heavy atom. The minimum absolute atomic E-state index is 0.0782. The molecule has 0 saturated carbocycles. The van der Waals surface area contributed by atoms with Crippen LogP contribution in [0.1, 0.15) is 45.7 Å². The fourth-order valence-corrected chi connectivity index (χ4v) is 2.32. The maximum atomic E-state index is 12.4. The predicted octanol–water partition coefficient (Wildman–Crippen LogP) is 3.69. The highest BCUT2D eigenvalue weighted by Crippen LogP contribution is 2.20. The minimum Gasteiger partial charge on any atom is -0.350 e. The Morgan fingerprint density at radius 3 is 1.78 bits per heavy atom. The Kier molecular flexibility index (Phi) is 5.16. The number of nitrogens with one attached hydrogen (secondary N) is 2. The van der Waals surface area contributed by atoms with Crippen molar-refractivity contribution in [2.45, 2.75) is 33.7 Å². The zero-order valence-electron chi connectivity index (χ0n) is 13.9. The molecule has 0 aliphatic carbocycles. The summed E-state index contributed by atoms with van der Waals surface area (Å²) < 4.78 is 0. The van der Waals surface area contributed by atoms with Crippen LogP contribution in [0.25, 0.3) is 0 Å². The number of para-hydroxylation sites is 1. The fourth-order valence-electron chi connectivity index (χ4n) is 2.32. The molecule has 0 fully saturated rings. The van der Waals surface area contributed by atoms with Crippen LogP contribution in [0.5, 0.6) is 0 Å². The van der Waals surface area contributed by atoms with Crippen molar-refractivity contribution in [3.05, 3.63) is 64.7 Å². The molecule has 0 radical (unpaired) electrons. The first-order chi connectivity index (χ1) is 10.9. The van der Waals surface area contributed by atoms with E-state index in [0.717, 1.165) is 16.8 Å². The van der Waals surface area contributed by atoms with Gasteiger partial charge in [-0.15, -0.1) is 0 Å². The van der Waals surface area contributed by atoms with Gasteiger partial charge >= 0.3 is 0 Å². The summed E-state index contributed by atoms with van der Waals surface area (Å²) in [6.45, 7) is 7.73. The number of rotatable bonds is 4. The summed E-state index contributed by atoms with van der Waals surface area (Å²) in [7, 11) is 0. The molecule has 120 valence electrons. The number of hydrogen-bond acceptors (Lipinski definition) is 2. The molecular weight excluding hydrogens is 288 g/mol.